The number of fused-ring (bicyclic) bond motifs is 2. The molecule has 0 saturated carbocycles. The van der Waals surface area contributed by atoms with Crippen molar-refractivity contribution in [3.05, 3.63) is 59.2 Å². The van der Waals surface area contributed by atoms with E-state index >= 15 is 0 Å². The molecular formula is C26H28N2O4S4. The molecule has 0 radical (unpaired) electrons. The van der Waals surface area contributed by atoms with Gasteiger partial charge in [-0.25, -0.2) is 9.59 Å². The third-order valence-corrected chi connectivity index (χ3v) is 9.93. The molecule has 0 spiro atoms. The average molecular weight is 561 g/mol. The zero-order valence-electron chi connectivity index (χ0n) is 21.0. The molecule has 0 aromatic carbocycles. The van der Waals surface area contributed by atoms with Crippen LogP contribution in [0.5, 0.6) is 0 Å². The van der Waals surface area contributed by atoms with E-state index in [1.807, 2.05) is 73.5 Å². The van der Waals surface area contributed by atoms with Gasteiger partial charge in [0, 0.05) is 12.4 Å². The molecule has 4 aromatic heterocycles. The van der Waals surface area contributed by atoms with E-state index in [1.54, 1.807) is 21.6 Å². The number of nitrogens with zero attached hydrogens (tertiary/aromatic N) is 2. The largest absolute Gasteiger partial charge is 0.461 e. The number of thioether (sulfide) groups is 2. The smallest absolute Gasteiger partial charge is 0.356 e. The van der Waals surface area contributed by atoms with E-state index in [9.17, 15) is 9.59 Å². The van der Waals surface area contributed by atoms with Crippen molar-refractivity contribution >= 4 is 68.1 Å². The number of aryl methyl sites for hydroxylation is 2. The molecule has 36 heavy (non-hydrogen) atoms. The second kappa shape index (κ2) is 11.5. The molecule has 0 aliphatic heterocycles. The Labute approximate surface area is 227 Å². The number of esters is 2. The lowest BCUT2D eigenvalue weighted by Gasteiger charge is -2.06. The Hall–Kier alpha value is -2.14. The molecule has 0 saturated heterocycles. The second-order valence-corrected chi connectivity index (χ2v) is 11.7. The number of hydrogen-bond acceptors (Lipinski definition) is 8. The monoisotopic (exact) mass is 560 g/mol. The van der Waals surface area contributed by atoms with Crippen molar-refractivity contribution in [2.75, 3.05) is 25.7 Å². The lowest BCUT2D eigenvalue weighted by Crippen LogP contribution is -2.09. The van der Waals surface area contributed by atoms with Gasteiger partial charge in [0.05, 0.1) is 43.8 Å². The van der Waals surface area contributed by atoms with Gasteiger partial charge in [-0.05, 0) is 97.2 Å². The lowest BCUT2D eigenvalue weighted by molar-refractivity contribution is 0.0504. The molecule has 6 nitrogen and oxygen atoms in total. The van der Waals surface area contributed by atoms with Crippen LogP contribution in [0, 0.1) is 13.8 Å². The zero-order valence-corrected chi connectivity index (χ0v) is 24.3. The molecular weight excluding hydrogens is 533 g/mol. The van der Waals surface area contributed by atoms with Crippen LogP contribution in [0.25, 0.3) is 11.0 Å². The topological polar surface area (TPSA) is 61.4 Å². The van der Waals surface area contributed by atoms with Gasteiger partial charge in [-0.1, -0.05) is 0 Å². The first-order valence-electron chi connectivity index (χ1n) is 11.4. The summed E-state index contributed by atoms with van der Waals surface area (Å²) >= 11 is 3.07. The van der Waals surface area contributed by atoms with Crippen LogP contribution < -0.4 is 0 Å². The predicted molar refractivity (Wildman–Crippen MR) is 151 cm³/mol. The van der Waals surface area contributed by atoms with Gasteiger partial charge in [0.15, 0.2) is 0 Å². The highest BCUT2D eigenvalue weighted by molar-refractivity contribution is 8.76. The van der Waals surface area contributed by atoms with E-state index in [2.05, 4.69) is 12.1 Å². The van der Waals surface area contributed by atoms with Crippen molar-refractivity contribution in [1.82, 2.24) is 8.80 Å². The van der Waals surface area contributed by atoms with Crippen LogP contribution in [-0.2, 0) is 9.47 Å². The first kappa shape index (κ1) is 26.9. The second-order valence-electron chi connectivity index (χ2n) is 7.95. The molecule has 0 N–H and O–H groups in total. The number of rotatable bonds is 9. The maximum absolute atomic E-state index is 12.9. The Bertz CT molecular complexity index is 1350. The van der Waals surface area contributed by atoms with E-state index in [0.717, 1.165) is 41.7 Å². The van der Waals surface area contributed by atoms with Gasteiger partial charge in [0.25, 0.3) is 0 Å². The molecule has 0 bridgehead atoms. The molecule has 4 heterocycles. The van der Waals surface area contributed by atoms with Crippen LogP contribution in [0.4, 0.5) is 0 Å². The SMILES string of the molecule is CCOC(=O)c1c(SC)c(SSc2c(SC)c(C(=O)OCC)n3ccc(C)cc23)c2cc(C)ccn12. The maximum Gasteiger partial charge on any atom is 0.356 e. The van der Waals surface area contributed by atoms with Crippen LogP contribution in [-0.4, -0.2) is 46.5 Å². The summed E-state index contributed by atoms with van der Waals surface area (Å²) in [5, 5.41) is 0. The predicted octanol–water partition coefficient (Wildman–Crippen LogP) is 7.41. The van der Waals surface area contributed by atoms with E-state index in [4.69, 9.17) is 9.47 Å². The van der Waals surface area contributed by atoms with Crippen molar-refractivity contribution in [2.24, 2.45) is 0 Å². The van der Waals surface area contributed by atoms with Gasteiger partial charge in [-0.15, -0.1) is 23.5 Å². The Morgan fingerprint density at radius 1 is 0.722 bits per heavy atom. The number of pyridine rings is 2. The first-order valence-corrected chi connectivity index (χ1v) is 16.0. The van der Waals surface area contributed by atoms with Gasteiger partial charge in [0.1, 0.15) is 11.4 Å². The molecule has 190 valence electrons. The Morgan fingerprint density at radius 3 is 1.44 bits per heavy atom. The van der Waals surface area contributed by atoms with E-state index in [0.29, 0.717) is 24.6 Å². The van der Waals surface area contributed by atoms with Gasteiger partial charge < -0.3 is 18.3 Å². The standard InChI is InChI=1S/C26H28N2O4S4/c1-7-31-25(29)19-23(33-5)21(17-13-15(3)9-11-27(17)19)35-36-22-18-14-16(4)10-12-28(18)20(24(22)34-6)26(30)32-8-2/h9-14H,7-8H2,1-6H3. The van der Waals surface area contributed by atoms with Gasteiger partial charge >= 0.3 is 11.9 Å². The fourth-order valence-electron chi connectivity index (χ4n) is 4.02. The number of carbonyl (C=O) groups excluding carboxylic acids is 2. The van der Waals surface area contributed by atoms with Crippen LogP contribution in [0.2, 0.25) is 0 Å². The van der Waals surface area contributed by atoms with Crippen molar-refractivity contribution in [3.8, 4) is 0 Å². The van der Waals surface area contributed by atoms with Gasteiger partial charge in [-0.3, -0.25) is 0 Å². The van der Waals surface area contributed by atoms with E-state index in [-0.39, 0.29) is 11.9 Å². The minimum Gasteiger partial charge on any atom is -0.461 e. The molecule has 0 aliphatic carbocycles. The Morgan fingerprint density at radius 2 is 1.11 bits per heavy atom. The van der Waals surface area contributed by atoms with E-state index in [1.165, 1.54) is 23.5 Å². The van der Waals surface area contributed by atoms with Crippen molar-refractivity contribution < 1.29 is 19.1 Å². The number of hydrogen-bond donors (Lipinski definition) is 0. The fourth-order valence-corrected chi connectivity index (χ4v) is 8.93. The van der Waals surface area contributed by atoms with Crippen molar-refractivity contribution in [2.45, 2.75) is 47.3 Å². The molecule has 0 unspecified atom stereocenters. The molecule has 4 aromatic rings. The zero-order chi connectivity index (χ0) is 26.0. The number of ether oxygens (including phenoxy) is 2. The highest BCUT2D eigenvalue weighted by Gasteiger charge is 2.28. The van der Waals surface area contributed by atoms with Crippen molar-refractivity contribution in [3.63, 3.8) is 0 Å². The molecule has 0 amide bonds. The van der Waals surface area contributed by atoms with Crippen LogP contribution >= 0.6 is 45.1 Å². The summed E-state index contributed by atoms with van der Waals surface area (Å²) < 4.78 is 14.6. The third kappa shape index (κ3) is 4.88. The minimum atomic E-state index is -0.336. The molecule has 4 rings (SSSR count). The molecule has 0 atom stereocenters. The molecule has 10 heteroatoms. The minimum absolute atomic E-state index is 0.312. The van der Waals surface area contributed by atoms with Gasteiger partial charge in [-0.2, -0.15) is 0 Å². The summed E-state index contributed by atoms with van der Waals surface area (Å²) in [6.07, 6.45) is 7.80. The van der Waals surface area contributed by atoms with Crippen LogP contribution in [0.3, 0.4) is 0 Å². The summed E-state index contributed by atoms with van der Waals surface area (Å²) in [7, 11) is 3.19. The van der Waals surface area contributed by atoms with Crippen LogP contribution in [0.1, 0.15) is 46.0 Å². The molecule has 0 aliphatic rings. The first-order chi connectivity index (χ1) is 17.4. The molecule has 0 fully saturated rings. The summed E-state index contributed by atoms with van der Waals surface area (Å²) in [5.74, 6) is -0.672. The lowest BCUT2D eigenvalue weighted by atomic mass is 10.3. The van der Waals surface area contributed by atoms with Gasteiger partial charge in [0.2, 0.25) is 0 Å². The van der Waals surface area contributed by atoms with E-state index < -0.39 is 0 Å². The fraction of sp³-hybridized carbons (Fsp3) is 0.308. The Balaban J connectivity index is 1.87. The highest BCUT2D eigenvalue weighted by Crippen LogP contribution is 2.51. The van der Waals surface area contributed by atoms with Crippen LogP contribution in [0.15, 0.2) is 56.2 Å². The average Bonchev–Trinajstić information content (AvgIpc) is 3.33. The summed E-state index contributed by atoms with van der Waals surface area (Å²) in [4.78, 5) is 29.6. The number of carbonyl (C=O) groups is 2. The number of aromatic nitrogens is 2. The summed E-state index contributed by atoms with van der Waals surface area (Å²) in [6.45, 7) is 8.33. The summed E-state index contributed by atoms with van der Waals surface area (Å²) in [5.41, 5.74) is 5.20. The maximum atomic E-state index is 12.9. The summed E-state index contributed by atoms with van der Waals surface area (Å²) in [6, 6.07) is 8.16. The third-order valence-electron chi connectivity index (χ3n) is 5.56. The Kier molecular flexibility index (Phi) is 8.59. The highest BCUT2D eigenvalue weighted by atomic mass is 33.1. The van der Waals surface area contributed by atoms with Crippen molar-refractivity contribution in [1.29, 1.82) is 0 Å². The normalized spacial score (nSPS) is 11.4. The quantitative estimate of drug-likeness (QED) is 0.119.